The van der Waals surface area contributed by atoms with Crippen molar-refractivity contribution in [3.63, 3.8) is 0 Å². The fourth-order valence-electron chi connectivity index (χ4n) is 3.77. The minimum atomic E-state index is -0.798. The Hall–Kier alpha value is -3.40. The molecule has 31 heavy (non-hydrogen) atoms. The van der Waals surface area contributed by atoms with E-state index in [2.05, 4.69) is 4.98 Å². The highest BCUT2D eigenvalue weighted by molar-refractivity contribution is 7.22. The molecule has 160 valence electrons. The summed E-state index contributed by atoms with van der Waals surface area (Å²) in [5.74, 6) is 0.646. The third kappa shape index (κ3) is 3.42. The van der Waals surface area contributed by atoms with E-state index in [1.54, 1.807) is 19.1 Å². The molecule has 1 aliphatic rings. The van der Waals surface area contributed by atoms with Gasteiger partial charge in [-0.05, 0) is 31.9 Å². The third-order valence-electron chi connectivity index (χ3n) is 5.25. The highest BCUT2D eigenvalue weighted by Crippen LogP contribution is 2.38. The number of primary amides is 1. The molecule has 0 fully saturated rings. The van der Waals surface area contributed by atoms with Gasteiger partial charge in [0.15, 0.2) is 17.1 Å². The average Bonchev–Trinajstić information content (AvgIpc) is 3.25. The van der Waals surface area contributed by atoms with Gasteiger partial charge in [-0.1, -0.05) is 11.3 Å². The van der Waals surface area contributed by atoms with Crippen molar-refractivity contribution < 1.29 is 18.7 Å². The van der Waals surface area contributed by atoms with Crippen LogP contribution in [0.15, 0.2) is 24.3 Å². The van der Waals surface area contributed by atoms with Gasteiger partial charge in [-0.25, -0.2) is 14.4 Å². The number of hydrogen-bond acceptors (Lipinski definition) is 7. The van der Waals surface area contributed by atoms with Gasteiger partial charge in [-0.15, -0.1) is 0 Å². The van der Waals surface area contributed by atoms with Crippen molar-refractivity contribution in [1.29, 1.82) is 0 Å². The molecule has 0 aliphatic carbocycles. The van der Waals surface area contributed by atoms with Crippen molar-refractivity contribution in [3.8, 4) is 22.9 Å². The van der Waals surface area contributed by atoms with Gasteiger partial charge in [-0.3, -0.25) is 4.79 Å². The minimum Gasteiger partial charge on any atom is -0.491 e. The molecule has 1 amide bonds. The van der Waals surface area contributed by atoms with E-state index in [0.29, 0.717) is 51.4 Å². The highest BCUT2D eigenvalue weighted by Gasteiger charge is 2.22. The summed E-state index contributed by atoms with van der Waals surface area (Å²) in [6.45, 7) is 2.86. The van der Waals surface area contributed by atoms with Crippen molar-refractivity contribution >= 4 is 43.6 Å². The van der Waals surface area contributed by atoms with E-state index in [0.717, 1.165) is 18.4 Å². The summed E-state index contributed by atoms with van der Waals surface area (Å²) < 4.78 is 29.1. The van der Waals surface area contributed by atoms with Gasteiger partial charge < -0.3 is 25.5 Å². The standard InChI is InChI=1S/C21H20FN5O3S/c1-10(19(23)28)30-12-8-14-18-15(9-12)29-5-3-2-4-27(18)20(25-14)11-6-13(22)17-16(7-11)31-21(24)26-17/h6-10H,2-5H2,1H3,(H2,23,28)(H2,24,26). The lowest BCUT2D eigenvalue weighted by molar-refractivity contribution is -0.123. The predicted molar refractivity (Wildman–Crippen MR) is 117 cm³/mol. The number of halogens is 1. The number of fused-ring (bicyclic) bond motifs is 1. The first-order valence-electron chi connectivity index (χ1n) is 9.89. The SMILES string of the molecule is CC(Oc1cc2c3c(c1)nc(-c1cc(F)c4nc(N)sc4c1)n3CCCCO2)C(N)=O. The monoisotopic (exact) mass is 441 g/mol. The Morgan fingerprint density at radius 1 is 1.29 bits per heavy atom. The number of rotatable bonds is 4. The number of aromatic nitrogens is 3. The fourth-order valence-corrected chi connectivity index (χ4v) is 4.56. The maximum atomic E-state index is 14.7. The van der Waals surface area contributed by atoms with Gasteiger partial charge in [0.2, 0.25) is 0 Å². The lowest BCUT2D eigenvalue weighted by Crippen LogP contribution is -2.30. The lowest BCUT2D eigenvalue weighted by atomic mass is 10.2. The van der Waals surface area contributed by atoms with Crippen molar-refractivity contribution in [3.05, 3.63) is 30.1 Å². The second-order valence-electron chi connectivity index (χ2n) is 7.45. The zero-order chi connectivity index (χ0) is 21.7. The second kappa shape index (κ2) is 7.38. The van der Waals surface area contributed by atoms with Gasteiger partial charge in [0.1, 0.15) is 28.4 Å². The molecule has 5 rings (SSSR count). The topological polar surface area (TPSA) is 118 Å². The summed E-state index contributed by atoms with van der Waals surface area (Å²) in [5, 5.41) is 0.315. The summed E-state index contributed by atoms with van der Waals surface area (Å²) >= 11 is 1.23. The molecule has 2 aromatic heterocycles. The Kier molecular flexibility index (Phi) is 4.66. The Bertz CT molecular complexity index is 1330. The molecule has 1 unspecified atom stereocenters. The van der Waals surface area contributed by atoms with Gasteiger partial charge >= 0.3 is 0 Å². The van der Waals surface area contributed by atoms with Crippen molar-refractivity contribution in [1.82, 2.24) is 14.5 Å². The van der Waals surface area contributed by atoms with Crippen LogP contribution in [0.1, 0.15) is 19.8 Å². The number of nitrogens with two attached hydrogens (primary N) is 2. The lowest BCUT2D eigenvalue weighted by Gasteiger charge is -2.18. The quantitative estimate of drug-likeness (QED) is 0.501. The summed E-state index contributed by atoms with van der Waals surface area (Å²) in [6, 6.07) is 6.76. The summed E-state index contributed by atoms with van der Waals surface area (Å²) in [4.78, 5) is 20.3. The third-order valence-corrected chi connectivity index (χ3v) is 6.08. The molecule has 2 aromatic carbocycles. The number of imidazole rings is 1. The van der Waals surface area contributed by atoms with Crippen LogP contribution in [-0.4, -0.2) is 33.2 Å². The number of ether oxygens (including phenoxy) is 2. The number of hydrogen-bond donors (Lipinski definition) is 2. The predicted octanol–water partition coefficient (Wildman–Crippen LogP) is 3.46. The van der Waals surface area contributed by atoms with E-state index in [4.69, 9.17) is 25.9 Å². The van der Waals surface area contributed by atoms with Crippen molar-refractivity contribution in [2.45, 2.75) is 32.4 Å². The normalized spacial score (nSPS) is 14.8. The highest BCUT2D eigenvalue weighted by atomic mass is 32.1. The van der Waals surface area contributed by atoms with Crippen molar-refractivity contribution in [2.24, 2.45) is 5.73 Å². The van der Waals surface area contributed by atoms with Crippen LogP contribution in [0.5, 0.6) is 11.5 Å². The number of carbonyl (C=O) groups is 1. The Balaban J connectivity index is 1.70. The molecular weight excluding hydrogens is 421 g/mol. The van der Waals surface area contributed by atoms with Gasteiger partial charge in [0.25, 0.3) is 5.91 Å². The van der Waals surface area contributed by atoms with Gasteiger partial charge in [0.05, 0.1) is 16.8 Å². The molecule has 0 radical (unpaired) electrons. The molecule has 0 saturated heterocycles. The number of nitrogen functional groups attached to an aromatic ring is 1. The zero-order valence-corrected chi connectivity index (χ0v) is 17.5. The van der Waals surface area contributed by atoms with Crippen LogP contribution in [0.2, 0.25) is 0 Å². The molecule has 8 nitrogen and oxygen atoms in total. The summed E-state index contributed by atoms with van der Waals surface area (Å²) in [6.07, 6.45) is 0.959. The van der Waals surface area contributed by atoms with Gasteiger partial charge in [-0.2, -0.15) is 0 Å². The van der Waals surface area contributed by atoms with E-state index in [1.165, 1.54) is 17.4 Å². The number of thiazole rings is 1. The summed E-state index contributed by atoms with van der Waals surface area (Å²) in [7, 11) is 0. The molecule has 0 spiro atoms. The van der Waals surface area contributed by atoms with E-state index in [9.17, 15) is 9.18 Å². The largest absolute Gasteiger partial charge is 0.491 e. The molecule has 0 saturated carbocycles. The van der Waals surface area contributed by atoms with E-state index in [-0.39, 0.29) is 5.52 Å². The van der Waals surface area contributed by atoms with E-state index in [1.807, 2.05) is 10.6 Å². The van der Waals surface area contributed by atoms with E-state index >= 15 is 0 Å². The first-order chi connectivity index (χ1) is 14.9. The number of amides is 1. The second-order valence-corrected chi connectivity index (χ2v) is 8.51. The summed E-state index contributed by atoms with van der Waals surface area (Å²) in [5.41, 5.74) is 13.4. The molecule has 1 aliphatic heterocycles. The van der Waals surface area contributed by atoms with Crippen LogP contribution in [0.25, 0.3) is 32.6 Å². The maximum Gasteiger partial charge on any atom is 0.258 e. The van der Waals surface area contributed by atoms with Gasteiger partial charge in [0, 0.05) is 24.2 Å². The van der Waals surface area contributed by atoms with Crippen molar-refractivity contribution in [2.75, 3.05) is 12.3 Å². The Morgan fingerprint density at radius 3 is 2.94 bits per heavy atom. The fraction of sp³-hybridized carbons (Fsp3) is 0.286. The Labute approximate surface area is 180 Å². The Morgan fingerprint density at radius 2 is 2.13 bits per heavy atom. The molecule has 4 N–H and O–H groups in total. The number of anilines is 1. The number of benzene rings is 2. The minimum absolute atomic E-state index is 0.259. The van der Waals surface area contributed by atoms with Crippen LogP contribution < -0.4 is 20.9 Å². The van der Waals surface area contributed by atoms with E-state index < -0.39 is 17.8 Å². The molecule has 10 heteroatoms. The molecule has 1 atom stereocenters. The number of aryl methyl sites for hydroxylation is 1. The first kappa shape index (κ1) is 19.6. The molecule has 4 aromatic rings. The zero-order valence-electron chi connectivity index (χ0n) is 16.7. The molecule has 0 bridgehead atoms. The van der Waals surface area contributed by atoms with Crippen LogP contribution in [0, 0.1) is 5.82 Å². The van der Waals surface area contributed by atoms with Crippen LogP contribution >= 0.6 is 11.3 Å². The first-order valence-corrected chi connectivity index (χ1v) is 10.7. The number of nitrogens with zero attached hydrogens (tertiary/aromatic N) is 3. The maximum absolute atomic E-state index is 14.7. The average molecular weight is 441 g/mol. The van der Waals surface area contributed by atoms with Crippen LogP contribution in [0.4, 0.5) is 9.52 Å². The molecular formula is C21H20FN5O3S. The van der Waals surface area contributed by atoms with Crippen LogP contribution in [-0.2, 0) is 11.3 Å². The number of carbonyl (C=O) groups excluding carboxylic acids is 1. The van der Waals surface area contributed by atoms with Crippen LogP contribution in [0.3, 0.4) is 0 Å². The smallest absolute Gasteiger partial charge is 0.258 e. The molecule has 3 heterocycles.